The van der Waals surface area contributed by atoms with Crippen molar-refractivity contribution in [1.29, 1.82) is 0 Å². The SMILES string of the molecule is CC(C)(C)OC(=O)N1CCCC(c2ccc3ncnc(Nc4ccc(OCC5COC5)c(Cl)c4F)c3c2)C1. The van der Waals surface area contributed by atoms with Crippen LogP contribution in [0.2, 0.25) is 5.02 Å². The van der Waals surface area contributed by atoms with Gasteiger partial charge in [-0.3, -0.25) is 0 Å². The van der Waals surface area contributed by atoms with Crippen LogP contribution >= 0.6 is 11.6 Å². The lowest BCUT2D eigenvalue weighted by atomic mass is 9.90. The minimum Gasteiger partial charge on any atom is -0.491 e. The molecule has 202 valence electrons. The average molecular weight is 543 g/mol. The Bertz CT molecular complexity index is 1330. The molecule has 1 atom stereocenters. The molecule has 5 rings (SSSR count). The maximum Gasteiger partial charge on any atom is 0.410 e. The molecule has 2 saturated heterocycles. The quantitative estimate of drug-likeness (QED) is 0.391. The summed E-state index contributed by atoms with van der Waals surface area (Å²) >= 11 is 6.29. The van der Waals surface area contributed by atoms with Gasteiger partial charge in [0.2, 0.25) is 0 Å². The number of nitrogens with one attached hydrogen (secondary N) is 1. The second kappa shape index (κ2) is 10.9. The largest absolute Gasteiger partial charge is 0.491 e. The van der Waals surface area contributed by atoms with Gasteiger partial charge in [-0.1, -0.05) is 17.7 Å². The predicted octanol–water partition coefficient (Wildman–Crippen LogP) is 6.31. The number of aromatic nitrogens is 2. The predicted molar refractivity (Wildman–Crippen MR) is 144 cm³/mol. The highest BCUT2D eigenvalue weighted by atomic mass is 35.5. The number of likely N-dealkylation sites (tertiary alicyclic amines) is 1. The summed E-state index contributed by atoms with van der Waals surface area (Å²) in [6, 6.07) is 9.20. The van der Waals surface area contributed by atoms with Crippen LogP contribution in [0.1, 0.15) is 45.1 Å². The van der Waals surface area contributed by atoms with Gasteiger partial charge in [-0.05, 0) is 63.4 Å². The molecule has 0 saturated carbocycles. The Hall–Kier alpha value is -3.17. The molecule has 2 aliphatic heterocycles. The van der Waals surface area contributed by atoms with Crippen LogP contribution in [0.3, 0.4) is 0 Å². The second-order valence-corrected chi connectivity index (χ2v) is 11.2. The Morgan fingerprint density at radius 3 is 2.79 bits per heavy atom. The standard InChI is InChI=1S/C28H32ClFN4O4/c1-28(2,3)38-27(35)34-10-4-5-19(12-34)18-6-7-21-20(11-18)26(32-16-31-21)33-22-8-9-23(24(29)25(22)30)37-15-17-13-36-14-17/h6-9,11,16-17,19H,4-5,10,12-15H2,1-3H3,(H,31,32,33). The zero-order valence-electron chi connectivity index (χ0n) is 21.8. The number of ether oxygens (including phenoxy) is 3. The van der Waals surface area contributed by atoms with Gasteiger partial charge in [-0.25, -0.2) is 19.2 Å². The lowest BCUT2D eigenvalue weighted by Crippen LogP contribution is -2.42. The van der Waals surface area contributed by atoms with Crippen molar-refractivity contribution < 1.29 is 23.4 Å². The molecule has 2 aromatic carbocycles. The Labute approximate surface area is 226 Å². The number of rotatable bonds is 6. The van der Waals surface area contributed by atoms with Gasteiger partial charge < -0.3 is 24.4 Å². The van der Waals surface area contributed by atoms with Crippen LogP contribution in [0.5, 0.6) is 5.75 Å². The molecule has 0 spiro atoms. The highest BCUT2D eigenvalue weighted by Gasteiger charge is 2.29. The van der Waals surface area contributed by atoms with Gasteiger partial charge in [-0.15, -0.1) is 0 Å². The molecule has 1 amide bonds. The zero-order valence-corrected chi connectivity index (χ0v) is 22.6. The number of halogens is 2. The van der Waals surface area contributed by atoms with E-state index in [0.717, 1.165) is 29.3 Å². The summed E-state index contributed by atoms with van der Waals surface area (Å²) in [5, 5.41) is 3.75. The van der Waals surface area contributed by atoms with Gasteiger partial charge in [0.05, 0.1) is 31.0 Å². The van der Waals surface area contributed by atoms with Crippen molar-refractivity contribution in [3.05, 3.63) is 53.1 Å². The lowest BCUT2D eigenvalue weighted by molar-refractivity contribution is -0.0508. The maximum atomic E-state index is 15.2. The Morgan fingerprint density at radius 1 is 1.24 bits per heavy atom. The van der Waals surface area contributed by atoms with Crippen molar-refractivity contribution in [3.8, 4) is 5.75 Å². The minimum absolute atomic E-state index is 0.0845. The normalized spacial score (nSPS) is 18.2. The van der Waals surface area contributed by atoms with E-state index in [1.165, 1.54) is 6.33 Å². The highest BCUT2D eigenvalue weighted by molar-refractivity contribution is 6.32. The molecule has 3 aromatic rings. The van der Waals surface area contributed by atoms with E-state index in [0.29, 0.717) is 50.4 Å². The molecule has 1 unspecified atom stereocenters. The summed E-state index contributed by atoms with van der Waals surface area (Å²) in [4.78, 5) is 23.2. The second-order valence-electron chi connectivity index (χ2n) is 10.8. The summed E-state index contributed by atoms with van der Waals surface area (Å²) in [6.45, 7) is 8.55. The molecule has 1 N–H and O–H groups in total. The van der Waals surface area contributed by atoms with E-state index in [2.05, 4.69) is 15.3 Å². The average Bonchev–Trinajstić information content (AvgIpc) is 2.86. The third kappa shape index (κ3) is 5.94. The van der Waals surface area contributed by atoms with Crippen molar-refractivity contribution in [2.24, 2.45) is 5.92 Å². The lowest BCUT2D eigenvalue weighted by Gasteiger charge is -2.34. The van der Waals surface area contributed by atoms with E-state index >= 15 is 4.39 Å². The van der Waals surface area contributed by atoms with Crippen LogP contribution in [0.25, 0.3) is 10.9 Å². The zero-order chi connectivity index (χ0) is 26.9. The van der Waals surface area contributed by atoms with Crippen LogP contribution in [0.4, 0.5) is 20.7 Å². The van der Waals surface area contributed by atoms with Gasteiger partial charge in [0.15, 0.2) is 5.82 Å². The van der Waals surface area contributed by atoms with E-state index in [1.807, 2.05) is 39.0 Å². The summed E-state index contributed by atoms with van der Waals surface area (Å²) in [6.07, 6.45) is 2.96. The number of fused-ring (bicyclic) bond motifs is 1. The first-order chi connectivity index (χ1) is 18.2. The molecule has 38 heavy (non-hydrogen) atoms. The van der Waals surface area contributed by atoms with E-state index in [1.54, 1.807) is 17.0 Å². The van der Waals surface area contributed by atoms with Gasteiger partial charge in [0, 0.05) is 30.3 Å². The molecule has 0 radical (unpaired) electrons. The van der Waals surface area contributed by atoms with Crippen LogP contribution < -0.4 is 10.1 Å². The number of anilines is 2. The summed E-state index contributed by atoms with van der Waals surface area (Å²) in [7, 11) is 0. The number of carbonyl (C=O) groups is 1. The fourth-order valence-corrected chi connectivity index (χ4v) is 4.84. The number of carbonyl (C=O) groups excluding carboxylic acids is 1. The highest BCUT2D eigenvalue weighted by Crippen LogP contribution is 2.36. The monoisotopic (exact) mass is 542 g/mol. The summed E-state index contributed by atoms with van der Waals surface area (Å²) in [5.41, 5.74) is 1.43. The topological polar surface area (TPSA) is 85.8 Å². The molecule has 0 bridgehead atoms. The van der Waals surface area contributed by atoms with Gasteiger partial charge in [-0.2, -0.15) is 0 Å². The van der Waals surface area contributed by atoms with Crippen LogP contribution in [0.15, 0.2) is 36.7 Å². The first-order valence-electron chi connectivity index (χ1n) is 12.9. The Balaban J connectivity index is 1.35. The van der Waals surface area contributed by atoms with E-state index in [4.69, 9.17) is 25.8 Å². The van der Waals surface area contributed by atoms with E-state index < -0.39 is 11.4 Å². The van der Waals surface area contributed by atoms with Crippen molar-refractivity contribution in [1.82, 2.24) is 14.9 Å². The molecule has 1 aromatic heterocycles. The third-order valence-corrected chi connectivity index (χ3v) is 7.04. The van der Waals surface area contributed by atoms with Crippen molar-refractivity contribution in [3.63, 3.8) is 0 Å². The molecule has 0 aliphatic carbocycles. The smallest absolute Gasteiger partial charge is 0.410 e. The molecule has 3 heterocycles. The molecular weight excluding hydrogens is 511 g/mol. The first kappa shape index (κ1) is 26.4. The van der Waals surface area contributed by atoms with Crippen LogP contribution in [0, 0.1) is 11.7 Å². The Kier molecular flexibility index (Phi) is 7.59. The summed E-state index contributed by atoms with van der Waals surface area (Å²) in [5.74, 6) is 0.582. The summed E-state index contributed by atoms with van der Waals surface area (Å²) < 4.78 is 31.6. The molecular formula is C28H32ClFN4O4. The van der Waals surface area contributed by atoms with E-state index in [9.17, 15) is 4.79 Å². The molecule has 2 aliphatic rings. The maximum absolute atomic E-state index is 15.2. The third-order valence-electron chi connectivity index (χ3n) is 6.69. The minimum atomic E-state index is -0.614. The number of nitrogens with zero attached hydrogens (tertiary/aromatic N) is 3. The van der Waals surface area contributed by atoms with Crippen molar-refractivity contribution in [2.75, 3.05) is 38.2 Å². The number of piperidine rings is 1. The Morgan fingerprint density at radius 2 is 2.05 bits per heavy atom. The first-order valence-corrected chi connectivity index (χ1v) is 13.2. The van der Waals surface area contributed by atoms with Gasteiger partial charge in [0.25, 0.3) is 0 Å². The van der Waals surface area contributed by atoms with Crippen LogP contribution in [-0.4, -0.2) is 59.5 Å². The van der Waals surface area contributed by atoms with Crippen molar-refractivity contribution in [2.45, 2.75) is 45.1 Å². The van der Waals surface area contributed by atoms with E-state index in [-0.39, 0.29) is 22.7 Å². The molecule has 10 heteroatoms. The number of benzene rings is 2. The number of amides is 1. The van der Waals surface area contributed by atoms with Crippen LogP contribution in [-0.2, 0) is 9.47 Å². The number of hydrogen-bond donors (Lipinski definition) is 1. The van der Waals surface area contributed by atoms with Gasteiger partial charge in [0.1, 0.15) is 28.5 Å². The molecule has 2 fully saturated rings. The fourth-order valence-electron chi connectivity index (χ4n) is 4.63. The van der Waals surface area contributed by atoms with Gasteiger partial charge >= 0.3 is 6.09 Å². The fraction of sp³-hybridized carbons (Fsp3) is 0.464. The van der Waals surface area contributed by atoms with Crippen molar-refractivity contribution >= 4 is 40.1 Å². The molecule has 8 nitrogen and oxygen atoms in total. The number of hydrogen-bond acceptors (Lipinski definition) is 7.